The van der Waals surface area contributed by atoms with E-state index in [9.17, 15) is 0 Å². The summed E-state index contributed by atoms with van der Waals surface area (Å²) in [4.78, 5) is 7.08. The largest absolute Gasteiger partial charge is 0.338 e. The van der Waals surface area contributed by atoms with Crippen LogP contribution in [-0.4, -0.2) is 40.2 Å². The average Bonchev–Trinajstić information content (AvgIpc) is 2.88. The zero-order chi connectivity index (χ0) is 14.2. The fourth-order valence-corrected chi connectivity index (χ4v) is 2.78. The number of rotatable bonds is 5. The third-order valence-electron chi connectivity index (χ3n) is 4.16. The van der Waals surface area contributed by atoms with Crippen molar-refractivity contribution >= 4 is 0 Å². The molecular weight excluding hydrogens is 252 g/mol. The zero-order valence-corrected chi connectivity index (χ0v) is 12.9. The molecule has 5 heteroatoms. The Morgan fingerprint density at radius 1 is 1.30 bits per heavy atom. The van der Waals surface area contributed by atoms with Gasteiger partial charge in [-0.05, 0) is 32.2 Å². The number of hydrogen-bond donors (Lipinski definition) is 1. The second-order valence-corrected chi connectivity index (χ2v) is 7.22. The molecule has 0 aromatic carbocycles. The standard InChI is InChI=1S/C15H26N4O/c1-15(2,3)14-17-13(20-18-14)10-19(12-6-7-12)9-11-5-4-8-16-11/h11-12,16H,4-10H2,1-3H3. The number of nitrogens with zero attached hydrogens (tertiary/aromatic N) is 3. The van der Waals surface area contributed by atoms with E-state index < -0.39 is 0 Å². The molecule has 2 fully saturated rings. The highest BCUT2D eigenvalue weighted by atomic mass is 16.5. The van der Waals surface area contributed by atoms with E-state index >= 15 is 0 Å². The molecule has 0 spiro atoms. The number of nitrogens with one attached hydrogen (secondary N) is 1. The summed E-state index contributed by atoms with van der Waals surface area (Å²) in [5.74, 6) is 1.57. The molecule has 1 saturated carbocycles. The fourth-order valence-electron chi connectivity index (χ4n) is 2.78. The predicted octanol–water partition coefficient (Wildman–Crippen LogP) is 2.08. The second-order valence-electron chi connectivity index (χ2n) is 7.22. The third-order valence-corrected chi connectivity index (χ3v) is 4.16. The first-order valence-corrected chi connectivity index (χ1v) is 7.83. The van der Waals surface area contributed by atoms with Crippen LogP contribution in [0.15, 0.2) is 4.52 Å². The normalized spacial score (nSPS) is 23.7. The molecule has 1 aromatic heterocycles. The van der Waals surface area contributed by atoms with Gasteiger partial charge in [0, 0.05) is 24.0 Å². The highest BCUT2D eigenvalue weighted by Crippen LogP contribution is 2.29. The van der Waals surface area contributed by atoms with Crippen LogP contribution in [0.1, 0.15) is 58.2 Å². The molecule has 112 valence electrons. The van der Waals surface area contributed by atoms with E-state index in [0.717, 1.165) is 37.4 Å². The first-order valence-electron chi connectivity index (χ1n) is 7.83. The SMILES string of the molecule is CC(C)(C)c1noc(CN(CC2CCCN2)C2CC2)n1. The predicted molar refractivity (Wildman–Crippen MR) is 77.5 cm³/mol. The van der Waals surface area contributed by atoms with Crippen LogP contribution in [0, 0.1) is 0 Å². The highest BCUT2D eigenvalue weighted by molar-refractivity contribution is 5.00. The van der Waals surface area contributed by atoms with Crippen molar-refractivity contribution in [3.8, 4) is 0 Å². The quantitative estimate of drug-likeness (QED) is 0.893. The van der Waals surface area contributed by atoms with Gasteiger partial charge in [-0.3, -0.25) is 4.90 Å². The Hall–Kier alpha value is -0.940. The third kappa shape index (κ3) is 3.38. The Morgan fingerprint density at radius 3 is 2.65 bits per heavy atom. The molecule has 1 aromatic rings. The van der Waals surface area contributed by atoms with Crippen molar-refractivity contribution in [2.75, 3.05) is 13.1 Å². The van der Waals surface area contributed by atoms with Gasteiger partial charge in [-0.2, -0.15) is 4.98 Å². The molecule has 3 rings (SSSR count). The monoisotopic (exact) mass is 278 g/mol. The van der Waals surface area contributed by atoms with Crippen molar-refractivity contribution in [3.63, 3.8) is 0 Å². The summed E-state index contributed by atoms with van der Waals surface area (Å²) in [7, 11) is 0. The molecule has 2 aliphatic rings. The van der Waals surface area contributed by atoms with E-state index in [1.54, 1.807) is 0 Å². The van der Waals surface area contributed by atoms with E-state index in [2.05, 4.69) is 41.1 Å². The number of hydrogen-bond acceptors (Lipinski definition) is 5. The van der Waals surface area contributed by atoms with E-state index in [-0.39, 0.29) is 5.41 Å². The summed E-state index contributed by atoms with van der Waals surface area (Å²) in [6.07, 6.45) is 5.22. The fraction of sp³-hybridized carbons (Fsp3) is 0.867. The van der Waals surface area contributed by atoms with Crippen LogP contribution in [0.25, 0.3) is 0 Å². The lowest BCUT2D eigenvalue weighted by atomic mass is 9.96. The van der Waals surface area contributed by atoms with E-state index in [4.69, 9.17) is 4.52 Å². The van der Waals surface area contributed by atoms with Crippen LogP contribution < -0.4 is 5.32 Å². The molecule has 0 amide bonds. The topological polar surface area (TPSA) is 54.2 Å². The van der Waals surface area contributed by atoms with Crippen LogP contribution in [0.3, 0.4) is 0 Å². The van der Waals surface area contributed by atoms with Crippen LogP contribution in [0.4, 0.5) is 0 Å². The van der Waals surface area contributed by atoms with Gasteiger partial charge < -0.3 is 9.84 Å². The molecular formula is C15H26N4O. The second kappa shape index (κ2) is 5.45. The first kappa shape index (κ1) is 14.0. The van der Waals surface area contributed by atoms with Gasteiger partial charge in [-0.25, -0.2) is 0 Å². The Balaban J connectivity index is 1.62. The van der Waals surface area contributed by atoms with E-state index in [1.807, 2.05) is 0 Å². The molecule has 0 radical (unpaired) electrons. The molecule has 5 nitrogen and oxygen atoms in total. The van der Waals surface area contributed by atoms with Gasteiger partial charge in [0.25, 0.3) is 0 Å². The van der Waals surface area contributed by atoms with Gasteiger partial charge in [0.15, 0.2) is 5.82 Å². The lowest BCUT2D eigenvalue weighted by Crippen LogP contribution is -2.38. The molecule has 1 aliphatic heterocycles. The minimum atomic E-state index is -0.0425. The Bertz CT molecular complexity index is 441. The Morgan fingerprint density at radius 2 is 2.10 bits per heavy atom. The highest BCUT2D eigenvalue weighted by Gasteiger charge is 2.32. The Labute approximate surface area is 121 Å². The minimum absolute atomic E-state index is 0.0425. The van der Waals surface area contributed by atoms with Gasteiger partial charge in [0.2, 0.25) is 5.89 Å². The number of aromatic nitrogens is 2. The molecule has 1 aliphatic carbocycles. The van der Waals surface area contributed by atoms with Crippen LogP contribution in [-0.2, 0) is 12.0 Å². The minimum Gasteiger partial charge on any atom is -0.338 e. The molecule has 1 atom stereocenters. The Kier molecular flexibility index (Phi) is 3.82. The van der Waals surface area contributed by atoms with Crippen LogP contribution in [0.5, 0.6) is 0 Å². The van der Waals surface area contributed by atoms with E-state index in [0.29, 0.717) is 6.04 Å². The summed E-state index contributed by atoms with van der Waals surface area (Å²) in [5.41, 5.74) is -0.0425. The summed E-state index contributed by atoms with van der Waals surface area (Å²) in [6.45, 7) is 9.41. The maximum Gasteiger partial charge on any atom is 0.240 e. The molecule has 0 bridgehead atoms. The van der Waals surface area contributed by atoms with Crippen LogP contribution in [0.2, 0.25) is 0 Å². The van der Waals surface area contributed by atoms with Crippen LogP contribution >= 0.6 is 0 Å². The van der Waals surface area contributed by atoms with Crippen molar-refractivity contribution in [1.29, 1.82) is 0 Å². The molecule has 2 heterocycles. The van der Waals surface area contributed by atoms with Crippen molar-refractivity contribution < 1.29 is 4.52 Å². The molecule has 1 N–H and O–H groups in total. The van der Waals surface area contributed by atoms with Crippen molar-refractivity contribution in [1.82, 2.24) is 20.4 Å². The molecule has 1 unspecified atom stereocenters. The average molecular weight is 278 g/mol. The lowest BCUT2D eigenvalue weighted by Gasteiger charge is -2.23. The maximum atomic E-state index is 5.44. The molecule has 1 saturated heterocycles. The zero-order valence-electron chi connectivity index (χ0n) is 12.9. The van der Waals surface area contributed by atoms with Gasteiger partial charge in [0.1, 0.15) is 0 Å². The summed E-state index contributed by atoms with van der Waals surface area (Å²) in [5, 5.41) is 7.70. The van der Waals surface area contributed by atoms with Gasteiger partial charge in [-0.1, -0.05) is 25.9 Å². The summed E-state index contributed by atoms with van der Waals surface area (Å²) < 4.78 is 5.44. The van der Waals surface area contributed by atoms with Crippen molar-refractivity contribution in [3.05, 3.63) is 11.7 Å². The van der Waals surface area contributed by atoms with Gasteiger partial charge >= 0.3 is 0 Å². The lowest BCUT2D eigenvalue weighted by molar-refractivity contribution is 0.200. The van der Waals surface area contributed by atoms with Gasteiger partial charge in [0.05, 0.1) is 6.54 Å². The maximum absolute atomic E-state index is 5.44. The first-order chi connectivity index (χ1) is 9.52. The summed E-state index contributed by atoms with van der Waals surface area (Å²) >= 11 is 0. The van der Waals surface area contributed by atoms with Crippen molar-refractivity contribution in [2.24, 2.45) is 0 Å². The van der Waals surface area contributed by atoms with E-state index in [1.165, 1.54) is 25.7 Å². The van der Waals surface area contributed by atoms with Crippen molar-refractivity contribution in [2.45, 2.75) is 70.5 Å². The van der Waals surface area contributed by atoms with Gasteiger partial charge in [-0.15, -0.1) is 0 Å². The smallest absolute Gasteiger partial charge is 0.240 e. The molecule has 20 heavy (non-hydrogen) atoms. The summed E-state index contributed by atoms with van der Waals surface area (Å²) in [6, 6.07) is 1.36.